The molecule has 0 heterocycles. The minimum absolute atomic E-state index is 0.206. The lowest BCUT2D eigenvalue weighted by molar-refractivity contribution is -0.117. The molecule has 86 valence electrons. The molecule has 0 aromatic rings. The molecular formula is C14H18O2. The topological polar surface area (TPSA) is 34.1 Å². The molecule has 0 aromatic heterocycles. The first-order chi connectivity index (χ1) is 7.63. The molecule has 0 N–H and O–H groups in total. The summed E-state index contributed by atoms with van der Waals surface area (Å²) in [5, 5.41) is 0. The van der Waals surface area contributed by atoms with Crippen LogP contribution in [0.2, 0.25) is 0 Å². The molecular weight excluding hydrogens is 200 g/mol. The first-order valence-corrected chi connectivity index (χ1v) is 5.57. The number of hydrogen-bond donors (Lipinski definition) is 0. The van der Waals surface area contributed by atoms with Gasteiger partial charge in [0.05, 0.1) is 0 Å². The highest BCUT2D eigenvalue weighted by atomic mass is 16.1. The van der Waals surface area contributed by atoms with E-state index in [9.17, 15) is 9.59 Å². The van der Waals surface area contributed by atoms with Gasteiger partial charge in [-0.3, -0.25) is 0 Å². The second-order valence-electron chi connectivity index (χ2n) is 3.71. The lowest BCUT2D eigenvalue weighted by Gasteiger charge is -1.87. The van der Waals surface area contributed by atoms with E-state index >= 15 is 0 Å². The molecule has 0 aliphatic heterocycles. The van der Waals surface area contributed by atoms with Crippen LogP contribution in [-0.4, -0.2) is 11.6 Å². The monoisotopic (exact) mass is 218 g/mol. The van der Waals surface area contributed by atoms with Crippen LogP contribution < -0.4 is 0 Å². The average molecular weight is 218 g/mol. The van der Waals surface area contributed by atoms with Crippen molar-refractivity contribution in [3.8, 4) is 23.7 Å². The maximum absolute atomic E-state index is 10.6. The van der Waals surface area contributed by atoms with Crippen LogP contribution in [0.4, 0.5) is 0 Å². The Labute approximate surface area is 97.8 Å². The Hall–Kier alpha value is -1.54. The highest BCUT2D eigenvalue weighted by Crippen LogP contribution is 1.94. The molecule has 16 heavy (non-hydrogen) atoms. The summed E-state index contributed by atoms with van der Waals surface area (Å²) in [5.74, 6) is 11.7. The molecule has 0 atom stereocenters. The lowest BCUT2D eigenvalue weighted by Crippen LogP contribution is -1.87. The van der Waals surface area contributed by atoms with Crippen molar-refractivity contribution in [1.29, 1.82) is 0 Å². The molecule has 2 heteroatoms. The number of unbranched alkanes of at least 4 members (excludes halogenated alkanes) is 2. The summed E-state index contributed by atoms with van der Waals surface area (Å²) >= 11 is 0. The fraction of sp³-hybridized carbons (Fsp3) is 0.571. The van der Waals surface area contributed by atoms with E-state index in [0.29, 0.717) is 12.8 Å². The van der Waals surface area contributed by atoms with E-state index in [2.05, 4.69) is 23.7 Å². The van der Waals surface area contributed by atoms with Crippen molar-refractivity contribution < 1.29 is 9.59 Å². The summed E-state index contributed by atoms with van der Waals surface area (Å²) in [6.07, 6.45) is 4.27. The van der Waals surface area contributed by atoms with E-state index < -0.39 is 0 Å². The molecule has 0 saturated carbocycles. The number of hydrogen-bond acceptors (Lipinski definition) is 2. The summed E-state index contributed by atoms with van der Waals surface area (Å²) in [7, 11) is 0. The fourth-order valence-electron chi connectivity index (χ4n) is 1.06. The van der Waals surface area contributed by atoms with Gasteiger partial charge in [0.1, 0.15) is 11.6 Å². The third-order valence-corrected chi connectivity index (χ3v) is 1.90. The molecule has 0 rings (SSSR count). The van der Waals surface area contributed by atoms with Crippen molar-refractivity contribution in [2.24, 2.45) is 0 Å². The van der Waals surface area contributed by atoms with Crippen LogP contribution in [0.5, 0.6) is 0 Å². The molecule has 0 aliphatic rings. The van der Waals surface area contributed by atoms with Gasteiger partial charge in [0.2, 0.25) is 0 Å². The van der Waals surface area contributed by atoms with Crippen LogP contribution in [0.15, 0.2) is 0 Å². The molecule has 0 saturated heterocycles. The second-order valence-corrected chi connectivity index (χ2v) is 3.71. The number of ketones is 2. The lowest BCUT2D eigenvalue weighted by atomic mass is 10.2. The van der Waals surface area contributed by atoms with E-state index in [1.807, 2.05) is 0 Å². The Kier molecular flexibility index (Phi) is 9.03. The molecule has 0 amide bonds. The second kappa shape index (κ2) is 9.99. The van der Waals surface area contributed by atoms with Crippen LogP contribution in [0.3, 0.4) is 0 Å². The van der Waals surface area contributed by atoms with E-state index in [1.54, 1.807) is 13.8 Å². The molecule has 2 nitrogen and oxygen atoms in total. The zero-order valence-corrected chi connectivity index (χ0v) is 10.1. The minimum Gasteiger partial charge on any atom is -0.300 e. The maximum Gasteiger partial charge on any atom is 0.129 e. The molecule has 0 radical (unpaired) electrons. The van der Waals surface area contributed by atoms with E-state index in [4.69, 9.17) is 0 Å². The standard InChI is InChI=1S/C14H18O2/c1-13(15)11-9-7-5-3-4-6-8-10-12-14(2)16/h7-12H2,1-2H3. The van der Waals surface area contributed by atoms with Gasteiger partial charge in [-0.2, -0.15) is 0 Å². The van der Waals surface area contributed by atoms with Crippen molar-refractivity contribution in [2.45, 2.75) is 52.4 Å². The number of carbonyl (C=O) groups excluding carboxylic acids is 2. The predicted molar refractivity (Wildman–Crippen MR) is 64.6 cm³/mol. The third-order valence-electron chi connectivity index (χ3n) is 1.90. The molecule has 0 bridgehead atoms. The van der Waals surface area contributed by atoms with Crippen LogP contribution in [0, 0.1) is 23.7 Å². The van der Waals surface area contributed by atoms with Crippen LogP contribution in [0.25, 0.3) is 0 Å². The van der Waals surface area contributed by atoms with Gasteiger partial charge < -0.3 is 9.59 Å². The van der Waals surface area contributed by atoms with Crippen LogP contribution in [0.1, 0.15) is 52.4 Å². The van der Waals surface area contributed by atoms with Crippen molar-refractivity contribution in [2.75, 3.05) is 0 Å². The van der Waals surface area contributed by atoms with E-state index in [0.717, 1.165) is 25.7 Å². The molecule has 0 aromatic carbocycles. The summed E-state index contributed by atoms with van der Waals surface area (Å²) in [4.78, 5) is 21.2. The average Bonchev–Trinajstić information content (AvgIpc) is 2.20. The van der Waals surface area contributed by atoms with Crippen molar-refractivity contribution >= 4 is 11.6 Å². The zero-order chi connectivity index (χ0) is 12.2. The van der Waals surface area contributed by atoms with Crippen LogP contribution in [-0.2, 0) is 9.59 Å². The Morgan fingerprint density at radius 2 is 1.19 bits per heavy atom. The highest BCUT2D eigenvalue weighted by molar-refractivity contribution is 5.75. The summed E-state index contributed by atoms with van der Waals surface area (Å²) < 4.78 is 0. The van der Waals surface area contributed by atoms with Crippen molar-refractivity contribution in [3.63, 3.8) is 0 Å². The first kappa shape index (κ1) is 14.5. The van der Waals surface area contributed by atoms with Gasteiger partial charge in [-0.1, -0.05) is 11.8 Å². The maximum atomic E-state index is 10.6. The Morgan fingerprint density at radius 1 is 0.812 bits per heavy atom. The third kappa shape index (κ3) is 12.5. The Balaban J connectivity index is 3.48. The van der Waals surface area contributed by atoms with Crippen molar-refractivity contribution in [3.05, 3.63) is 0 Å². The highest BCUT2D eigenvalue weighted by Gasteiger charge is 1.90. The quantitative estimate of drug-likeness (QED) is 0.507. The number of carbonyl (C=O) groups is 2. The SMILES string of the molecule is CC(=O)CCCC#CC#CCCCC(C)=O. The normalized spacial score (nSPS) is 8.38. The summed E-state index contributed by atoms with van der Waals surface area (Å²) in [5.41, 5.74) is 0. The molecule has 0 aliphatic carbocycles. The van der Waals surface area contributed by atoms with Gasteiger partial charge >= 0.3 is 0 Å². The Morgan fingerprint density at radius 3 is 1.50 bits per heavy atom. The Bertz CT molecular complexity index is 308. The summed E-state index contributed by atoms with van der Waals surface area (Å²) in [6, 6.07) is 0. The zero-order valence-electron chi connectivity index (χ0n) is 10.1. The van der Waals surface area contributed by atoms with Crippen LogP contribution >= 0.6 is 0 Å². The van der Waals surface area contributed by atoms with Gasteiger partial charge in [-0.05, 0) is 38.5 Å². The summed E-state index contributed by atoms with van der Waals surface area (Å²) in [6.45, 7) is 3.17. The molecule has 0 unspecified atom stereocenters. The van der Waals surface area contributed by atoms with Gasteiger partial charge in [0.15, 0.2) is 0 Å². The van der Waals surface area contributed by atoms with Gasteiger partial charge in [0, 0.05) is 25.7 Å². The molecule has 0 spiro atoms. The number of Topliss-reactive ketones (excluding diaryl/α,β-unsaturated/α-hetero) is 2. The first-order valence-electron chi connectivity index (χ1n) is 5.57. The van der Waals surface area contributed by atoms with E-state index in [-0.39, 0.29) is 11.6 Å². The number of rotatable bonds is 6. The minimum atomic E-state index is 0.206. The predicted octanol–water partition coefficient (Wildman–Crippen LogP) is 2.51. The largest absolute Gasteiger partial charge is 0.300 e. The van der Waals surface area contributed by atoms with Gasteiger partial charge in [0.25, 0.3) is 0 Å². The van der Waals surface area contributed by atoms with Crippen molar-refractivity contribution in [1.82, 2.24) is 0 Å². The van der Waals surface area contributed by atoms with Gasteiger partial charge in [-0.25, -0.2) is 0 Å². The smallest absolute Gasteiger partial charge is 0.129 e. The fourth-order valence-corrected chi connectivity index (χ4v) is 1.06. The van der Waals surface area contributed by atoms with Gasteiger partial charge in [-0.15, -0.1) is 0 Å². The molecule has 0 fully saturated rings. The van der Waals surface area contributed by atoms with E-state index in [1.165, 1.54) is 0 Å².